The molecule has 110 valence electrons. The molecule has 1 heterocycles. The summed E-state index contributed by atoms with van der Waals surface area (Å²) in [6.45, 7) is 5.81. The minimum absolute atomic E-state index is 0.185. The van der Waals surface area contributed by atoms with E-state index in [0.29, 0.717) is 11.5 Å². The predicted octanol–water partition coefficient (Wildman–Crippen LogP) is 3.09. The van der Waals surface area contributed by atoms with Gasteiger partial charge in [-0.25, -0.2) is 0 Å². The molecule has 2 fully saturated rings. The molecule has 1 saturated carbocycles. The Bertz CT molecular complexity index is 445. The molecule has 0 bridgehead atoms. The van der Waals surface area contributed by atoms with Gasteiger partial charge in [-0.15, -0.1) is 0 Å². The Morgan fingerprint density at radius 3 is 2.55 bits per heavy atom. The molecule has 1 saturated heterocycles. The summed E-state index contributed by atoms with van der Waals surface area (Å²) in [6.07, 6.45) is 3.74. The lowest BCUT2D eigenvalue weighted by atomic mass is 10.0. The van der Waals surface area contributed by atoms with Gasteiger partial charge >= 0.3 is 0 Å². The molecule has 2 atom stereocenters. The van der Waals surface area contributed by atoms with Crippen molar-refractivity contribution in [2.45, 2.75) is 39.2 Å². The maximum absolute atomic E-state index is 12.5. The van der Waals surface area contributed by atoms with Crippen molar-refractivity contribution in [3.8, 4) is 0 Å². The van der Waals surface area contributed by atoms with E-state index < -0.39 is 0 Å². The first-order valence-corrected chi connectivity index (χ1v) is 8.11. The van der Waals surface area contributed by atoms with Crippen molar-refractivity contribution in [1.82, 2.24) is 9.99 Å². The van der Waals surface area contributed by atoms with E-state index >= 15 is 0 Å². The standard InChI is InChI=1S/C14H19N2OP.C2H6/c17-13(11-4-2-1-3-5-11)16-10-14(6-7-14)8-12(16)9-15-18;1-2/h1-5,12,15H,6-10,18H2;1-2H3/t12-;/m0./s1. The van der Waals surface area contributed by atoms with Crippen LogP contribution in [0.3, 0.4) is 0 Å². The average Bonchev–Trinajstić information content (AvgIpc) is 3.16. The maximum atomic E-state index is 12.5. The second-order valence-electron chi connectivity index (χ2n) is 5.57. The molecule has 0 radical (unpaired) electrons. The third-order valence-corrected chi connectivity index (χ3v) is 4.44. The van der Waals surface area contributed by atoms with Crippen molar-refractivity contribution < 1.29 is 4.79 Å². The molecule has 2 aliphatic rings. The van der Waals surface area contributed by atoms with Crippen LogP contribution in [0.5, 0.6) is 0 Å². The van der Waals surface area contributed by atoms with Crippen LogP contribution in [-0.4, -0.2) is 29.9 Å². The van der Waals surface area contributed by atoms with Crippen LogP contribution in [0.1, 0.15) is 43.5 Å². The number of rotatable bonds is 3. The van der Waals surface area contributed by atoms with Gasteiger partial charge in [0.05, 0.1) is 0 Å². The van der Waals surface area contributed by atoms with Gasteiger partial charge in [0.25, 0.3) is 5.91 Å². The first-order valence-electron chi connectivity index (χ1n) is 7.54. The topological polar surface area (TPSA) is 32.3 Å². The summed E-state index contributed by atoms with van der Waals surface area (Å²) < 4.78 is 0. The fourth-order valence-electron chi connectivity index (χ4n) is 3.01. The normalized spacial score (nSPS) is 22.4. The summed E-state index contributed by atoms with van der Waals surface area (Å²) >= 11 is 0. The van der Waals surface area contributed by atoms with Crippen LogP contribution in [0.4, 0.5) is 0 Å². The Morgan fingerprint density at radius 2 is 2.00 bits per heavy atom. The highest BCUT2D eigenvalue weighted by Gasteiger charge is 2.52. The first-order chi connectivity index (χ1) is 9.74. The zero-order chi connectivity index (χ0) is 14.6. The average molecular weight is 292 g/mol. The highest BCUT2D eigenvalue weighted by Crippen LogP contribution is 2.54. The van der Waals surface area contributed by atoms with Crippen molar-refractivity contribution in [1.29, 1.82) is 0 Å². The van der Waals surface area contributed by atoms with Crippen LogP contribution < -0.4 is 5.09 Å². The quantitative estimate of drug-likeness (QED) is 0.868. The third-order valence-electron chi connectivity index (χ3n) is 4.21. The van der Waals surface area contributed by atoms with Gasteiger partial charge in [0.15, 0.2) is 0 Å². The minimum Gasteiger partial charge on any atom is -0.334 e. The van der Waals surface area contributed by atoms with E-state index in [1.165, 1.54) is 12.8 Å². The number of benzene rings is 1. The Hall–Kier alpha value is -0.920. The summed E-state index contributed by atoms with van der Waals surface area (Å²) in [5.41, 5.74) is 1.26. The van der Waals surface area contributed by atoms with Crippen LogP contribution in [0.25, 0.3) is 0 Å². The largest absolute Gasteiger partial charge is 0.334 e. The van der Waals surface area contributed by atoms with Crippen molar-refractivity contribution in [2.24, 2.45) is 5.41 Å². The Balaban J connectivity index is 0.000000704. The molecule has 4 heteroatoms. The third kappa shape index (κ3) is 3.21. The van der Waals surface area contributed by atoms with Crippen molar-refractivity contribution in [2.75, 3.05) is 13.1 Å². The highest BCUT2D eigenvalue weighted by molar-refractivity contribution is 7.13. The molecule has 3 nitrogen and oxygen atoms in total. The van der Waals surface area contributed by atoms with Crippen LogP contribution in [0.15, 0.2) is 30.3 Å². The molecule has 1 aliphatic carbocycles. The number of amides is 1. The molecule has 0 aromatic heterocycles. The van der Waals surface area contributed by atoms with E-state index in [9.17, 15) is 4.79 Å². The summed E-state index contributed by atoms with van der Waals surface area (Å²) in [5, 5.41) is 3.13. The van der Waals surface area contributed by atoms with Crippen molar-refractivity contribution in [3.05, 3.63) is 35.9 Å². The zero-order valence-electron chi connectivity index (χ0n) is 12.4. The molecule has 1 unspecified atom stereocenters. The van der Waals surface area contributed by atoms with E-state index in [-0.39, 0.29) is 5.91 Å². The summed E-state index contributed by atoms with van der Waals surface area (Å²) in [6, 6.07) is 9.97. The molecule has 20 heavy (non-hydrogen) atoms. The second kappa shape index (κ2) is 6.69. The van der Waals surface area contributed by atoms with E-state index in [4.69, 9.17) is 0 Å². The molecule has 1 aromatic rings. The van der Waals surface area contributed by atoms with Crippen molar-refractivity contribution in [3.63, 3.8) is 0 Å². The SMILES string of the molecule is CC.O=C(c1ccccc1)N1CC2(CC2)C[C@H]1CNP. The molecular weight excluding hydrogens is 267 g/mol. The van der Waals surface area contributed by atoms with Gasteiger partial charge in [-0.2, -0.15) is 0 Å². The molecule has 1 N–H and O–H groups in total. The van der Waals surface area contributed by atoms with Gasteiger partial charge in [-0.1, -0.05) is 41.4 Å². The molecule has 1 aromatic carbocycles. The molecule has 1 amide bonds. The van der Waals surface area contributed by atoms with E-state index in [1.54, 1.807) is 0 Å². The number of likely N-dealkylation sites (tertiary alicyclic amines) is 1. The molecule has 1 aliphatic heterocycles. The number of nitrogens with one attached hydrogen (secondary N) is 1. The number of carbonyl (C=O) groups excluding carboxylic acids is 1. The Morgan fingerprint density at radius 1 is 1.35 bits per heavy atom. The highest BCUT2D eigenvalue weighted by atomic mass is 31.0. The van der Waals surface area contributed by atoms with Gasteiger partial charge < -0.3 is 4.90 Å². The first kappa shape index (κ1) is 15.5. The van der Waals surface area contributed by atoms with E-state index in [0.717, 1.165) is 25.1 Å². The lowest BCUT2D eigenvalue weighted by Gasteiger charge is -2.24. The van der Waals surface area contributed by atoms with Gasteiger partial charge in [0, 0.05) is 24.7 Å². The van der Waals surface area contributed by atoms with E-state index in [1.807, 2.05) is 44.2 Å². The van der Waals surface area contributed by atoms with Crippen LogP contribution in [0.2, 0.25) is 0 Å². The monoisotopic (exact) mass is 292 g/mol. The Kier molecular flexibility index (Phi) is 5.17. The second-order valence-corrected chi connectivity index (χ2v) is 5.97. The van der Waals surface area contributed by atoms with Crippen LogP contribution >= 0.6 is 9.39 Å². The van der Waals surface area contributed by atoms with Crippen LogP contribution in [0, 0.1) is 5.41 Å². The number of carbonyl (C=O) groups is 1. The van der Waals surface area contributed by atoms with Gasteiger partial charge in [-0.3, -0.25) is 9.88 Å². The van der Waals surface area contributed by atoms with E-state index in [2.05, 4.69) is 19.4 Å². The van der Waals surface area contributed by atoms with Gasteiger partial charge in [0.1, 0.15) is 0 Å². The molecular formula is C16H25N2OP. The summed E-state index contributed by atoms with van der Waals surface area (Å²) in [7, 11) is 2.54. The fourth-order valence-corrected chi connectivity index (χ4v) is 3.28. The lowest BCUT2D eigenvalue weighted by molar-refractivity contribution is 0.0733. The number of hydrogen-bond donors (Lipinski definition) is 1. The smallest absolute Gasteiger partial charge is 0.254 e. The molecule has 3 rings (SSSR count). The van der Waals surface area contributed by atoms with Crippen molar-refractivity contribution >= 4 is 15.3 Å². The number of nitrogens with zero attached hydrogens (tertiary/aromatic N) is 1. The Labute approximate surface area is 124 Å². The lowest BCUT2D eigenvalue weighted by Crippen LogP contribution is -2.40. The van der Waals surface area contributed by atoms with Gasteiger partial charge in [-0.05, 0) is 36.8 Å². The maximum Gasteiger partial charge on any atom is 0.254 e. The summed E-state index contributed by atoms with van der Waals surface area (Å²) in [4.78, 5) is 14.6. The zero-order valence-corrected chi connectivity index (χ0v) is 13.6. The summed E-state index contributed by atoms with van der Waals surface area (Å²) in [5.74, 6) is 0.185. The fraction of sp³-hybridized carbons (Fsp3) is 0.562. The number of hydrogen-bond acceptors (Lipinski definition) is 2. The minimum atomic E-state index is 0.185. The van der Waals surface area contributed by atoms with Crippen LogP contribution in [-0.2, 0) is 0 Å². The van der Waals surface area contributed by atoms with Gasteiger partial charge in [0.2, 0.25) is 0 Å². The molecule has 1 spiro atoms. The predicted molar refractivity (Wildman–Crippen MR) is 86.6 cm³/mol.